The van der Waals surface area contributed by atoms with Crippen molar-refractivity contribution >= 4 is 32.7 Å². The Kier molecular flexibility index (Phi) is 1.50. The van der Waals surface area contributed by atoms with Crippen LogP contribution in [0.5, 0.6) is 0 Å². The number of carbonyl (C=O) groups is 1. The molecule has 0 saturated heterocycles. The zero-order chi connectivity index (χ0) is 9.71. The molecule has 2 heterocycles. The molecule has 3 rings (SSSR count). The molecule has 1 aromatic carbocycles. The predicted octanol–water partition coefficient (Wildman–Crippen LogP) is 2.17. The van der Waals surface area contributed by atoms with Gasteiger partial charge in [-0.25, -0.2) is 0 Å². The van der Waals surface area contributed by atoms with E-state index in [2.05, 4.69) is 26.2 Å². The van der Waals surface area contributed by atoms with E-state index in [4.69, 9.17) is 0 Å². The van der Waals surface area contributed by atoms with Crippen molar-refractivity contribution in [3.05, 3.63) is 33.9 Å². The van der Waals surface area contributed by atoms with E-state index in [0.29, 0.717) is 6.54 Å². The van der Waals surface area contributed by atoms with Gasteiger partial charge in [0.05, 0.1) is 4.60 Å². The van der Waals surface area contributed by atoms with Crippen molar-refractivity contribution in [1.82, 2.24) is 10.3 Å². The maximum absolute atomic E-state index is 11.5. The second kappa shape index (κ2) is 2.60. The van der Waals surface area contributed by atoms with Crippen LogP contribution >= 0.6 is 15.9 Å². The molecule has 0 bridgehead atoms. The Labute approximate surface area is 88.6 Å². The van der Waals surface area contributed by atoms with E-state index in [1.807, 2.05) is 18.2 Å². The third-order valence-corrected chi connectivity index (χ3v) is 3.22. The maximum Gasteiger partial charge on any atom is 0.252 e. The minimum Gasteiger partial charge on any atom is -0.349 e. The summed E-state index contributed by atoms with van der Waals surface area (Å²) in [4.78, 5) is 14.7. The van der Waals surface area contributed by atoms with E-state index in [0.717, 1.165) is 26.6 Å². The van der Waals surface area contributed by atoms with E-state index in [1.54, 1.807) is 0 Å². The van der Waals surface area contributed by atoms with E-state index < -0.39 is 0 Å². The summed E-state index contributed by atoms with van der Waals surface area (Å²) in [6, 6.07) is 5.71. The van der Waals surface area contributed by atoms with E-state index in [9.17, 15) is 4.79 Å². The molecule has 0 atom stereocenters. The largest absolute Gasteiger partial charge is 0.349 e. The highest BCUT2D eigenvalue weighted by Crippen LogP contribution is 2.31. The van der Waals surface area contributed by atoms with Gasteiger partial charge >= 0.3 is 0 Å². The molecular weight excluding hydrogens is 244 g/mol. The first kappa shape index (κ1) is 8.05. The molecule has 0 fully saturated rings. The fourth-order valence-electron chi connectivity index (χ4n) is 1.90. The smallest absolute Gasteiger partial charge is 0.252 e. The SMILES string of the molecule is O=C1NCc2c(Br)[nH]c3cccc1c23. The summed E-state index contributed by atoms with van der Waals surface area (Å²) < 4.78 is 0.958. The fraction of sp³-hybridized carbons (Fsp3) is 0.100. The number of amides is 1. The Morgan fingerprint density at radius 1 is 1.36 bits per heavy atom. The normalized spacial score (nSPS) is 14.5. The van der Waals surface area contributed by atoms with Gasteiger partial charge in [0.25, 0.3) is 5.91 Å². The van der Waals surface area contributed by atoms with Gasteiger partial charge in [0.15, 0.2) is 0 Å². The van der Waals surface area contributed by atoms with Crippen molar-refractivity contribution in [2.75, 3.05) is 0 Å². The minimum absolute atomic E-state index is 0.00889. The molecule has 0 saturated carbocycles. The van der Waals surface area contributed by atoms with Gasteiger partial charge in [-0.1, -0.05) is 6.07 Å². The number of nitrogens with one attached hydrogen (secondary N) is 2. The van der Waals surface area contributed by atoms with Gasteiger partial charge in [0.2, 0.25) is 0 Å². The molecular formula is C10H7BrN2O. The highest BCUT2D eigenvalue weighted by atomic mass is 79.9. The lowest BCUT2D eigenvalue weighted by molar-refractivity contribution is 0.0949. The molecule has 1 aliphatic heterocycles. The molecule has 0 spiro atoms. The summed E-state index contributed by atoms with van der Waals surface area (Å²) in [6.45, 7) is 0.594. The van der Waals surface area contributed by atoms with Gasteiger partial charge in [0, 0.05) is 28.6 Å². The molecule has 2 aromatic rings. The van der Waals surface area contributed by atoms with Crippen LogP contribution in [0.2, 0.25) is 0 Å². The van der Waals surface area contributed by atoms with Gasteiger partial charge in [-0.2, -0.15) is 0 Å². The second-order valence-electron chi connectivity index (χ2n) is 3.33. The zero-order valence-electron chi connectivity index (χ0n) is 7.23. The first-order valence-electron chi connectivity index (χ1n) is 4.34. The Balaban J connectivity index is 2.53. The third-order valence-electron chi connectivity index (χ3n) is 2.55. The number of carbonyl (C=O) groups excluding carboxylic acids is 1. The number of benzene rings is 1. The first-order chi connectivity index (χ1) is 6.77. The third kappa shape index (κ3) is 0.889. The monoisotopic (exact) mass is 250 g/mol. The molecule has 1 aromatic heterocycles. The Morgan fingerprint density at radius 3 is 3.07 bits per heavy atom. The van der Waals surface area contributed by atoms with Crippen LogP contribution in [0.15, 0.2) is 22.8 Å². The number of halogens is 1. The van der Waals surface area contributed by atoms with E-state index in [1.165, 1.54) is 0 Å². The van der Waals surface area contributed by atoms with Crippen LogP contribution in [0.1, 0.15) is 15.9 Å². The van der Waals surface area contributed by atoms with Gasteiger partial charge in [-0.05, 0) is 28.1 Å². The van der Waals surface area contributed by atoms with Crippen LogP contribution < -0.4 is 5.32 Å². The second-order valence-corrected chi connectivity index (χ2v) is 4.12. The molecule has 70 valence electrons. The van der Waals surface area contributed by atoms with Gasteiger partial charge in [-0.3, -0.25) is 4.79 Å². The number of hydrogen-bond acceptors (Lipinski definition) is 1. The maximum atomic E-state index is 11.5. The molecule has 2 N–H and O–H groups in total. The lowest BCUT2D eigenvalue weighted by atomic mass is 10.0. The number of rotatable bonds is 0. The summed E-state index contributed by atoms with van der Waals surface area (Å²) in [5.74, 6) is 0.00889. The first-order valence-corrected chi connectivity index (χ1v) is 5.14. The molecule has 3 nitrogen and oxygen atoms in total. The summed E-state index contributed by atoms with van der Waals surface area (Å²) in [6.07, 6.45) is 0. The molecule has 1 amide bonds. The lowest BCUT2D eigenvalue weighted by Gasteiger charge is -2.13. The van der Waals surface area contributed by atoms with Crippen LogP contribution in [-0.2, 0) is 6.54 Å². The summed E-state index contributed by atoms with van der Waals surface area (Å²) in [5, 5.41) is 3.88. The highest BCUT2D eigenvalue weighted by Gasteiger charge is 2.21. The average Bonchev–Trinajstić information content (AvgIpc) is 2.50. The lowest BCUT2D eigenvalue weighted by Crippen LogP contribution is -2.26. The van der Waals surface area contributed by atoms with Crippen molar-refractivity contribution < 1.29 is 4.79 Å². The van der Waals surface area contributed by atoms with Gasteiger partial charge in [-0.15, -0.1) is 0 Å². The van der Waals surface area contributed by atoms with Crippen molar-refractivity contribution in [2.24, 2.45) is 0 Å². The fourth-order valence-corrected chi connectivity index (χ4v) is 2.46. The number of aromatic amines is 1. The molecule has 0 unspecified atom stereocenters. The molecule has 0 radical (unpaired) electrons. The van der Waals surface area contributed by atoms with Crippen LogP contribution in [0.3, 0.4) is 0 Å². The van der Waals surface area contributed by atoms with Crippen molar-refractivity contribution in [3.8, 4) is 0 Å². The Bertz CT molecular complexity index is 544. The molecule has 4 heteroatoms. The number of aromatic nitrogens is 1. The Hall–Kier alpha value is -1.29. The van der Waals surface area contributed by atoms with Crippen LogP contribution in [0, 0.1) is 0 Å². The highest BCUT2D eigenvalue weighted by molar-refractivity contribution is 9.10. The van der Waals surface area contributed by atoms with Crippen molar-refractivity contribution in [1.29, 1.82) is 0 Å². The minimum atomic E-state index is 0.00889. The summed E-state index contributed by atoms with van der Waals surface area (Å²) in [5.41, 5.74) is 2.90. The van der Waals surface area contributed by atoms with Crippen molar-refractivity contribution in [3.63, 3.8) is 0 Å². The molecule has 1 aliphatic rings. The number of hydrogen-bond donors (Lipinski definition) is 2. The predicted molar refractivity (Wildman–Crippen MR) is 57.2 cm³/mol. The molecule has 14 heavy (non-hydrogen) atoms. The van der Waals surface area contributed by atoms with Crippen LogP contribution in [0.4, 0.5) is 0 Å². The summed E-state index contributed by atoms with van der Waals surface area (Å²) >= 11 is 3.45. The number of H-pyrrole nitrogens is 1. The summed E-state index contributed by atoms with van der Waals surface area (Å²) in [7, 11) is 0. The zero-order valence-corrected chi connectivity index (χ0v) is 8.81. The molecule has 0 aliphatic carbocycles. The van der Waals surface area contributed by atoms with Crippen LogP contribution in [0.25, 0.3) is 10.9 Å². The quantitative estimate of drug-likeness (QED) is 0.740. The van der Waals surface area contributed by atoms with Gasteiger partial charge < -0.3 is 10.3 Å². The Morgan fingerprint density at radius 2 is 2.21 bits per heavy atom. The van der Waals surface area contributed by atoms with E-state index in [-0.39, 0.29) is 5.91 Å². The van der Waals surface area contributed by atoms with Crippen LogP contribution in [-0.4, -0.2) is 10.9 Å². The standard InChI is InChI=1S/C10H7BrN2O/c11-9-6-4-12-10(14)5-2-1-3-7(13-9)8(5)6/h1-3,13H,4H2,(H,12,14). The van der Waals surface area contributed by atoms with Crippen molar-refractivity contribution in [2.45, 2.75) is 6.54 Å². The van der Waals surface area contributed by atoms with E-state index >= 15 is 0 Å². The van der Waals surface area contributed by atoms with Gasteiger partial charge in [0.1, 0.15) is 0 Å². The average molecular weight is 251 g/mol. The topological polar surface area (TPSA) is 44.9 Å².